The number of likely N-dealkylation sites (tertiary alicyclic amines) is 1. The highest BCUT2D eigenvalue weighted by Gasteiger charge is 2.15. The highest BCUT2D eigenvalue weighted by atomic mass is 35.5. The van der Waals surface area contributed by atoms with E-state index in [2.05, 4.69) is 27.0 Å². The molecule has 2 rings (SSSR count). The minimum Gasteiger partial charge on any atom is -0.369 e. The Labute approximate surface area is 137 Å². The molecule has 4 nitrogen and oxygen atoms in total. The summed E-state index contributed by atoms with van der Waals surface area (Å²) >= 11 is 12.5. The molecule has 118 valence electrons. The number of anilines is 2. The Hall–Kier alpha value is -0.710. The molecule has 0 aliphatic carbocycles. The van der Waals surface area contributed by atoms with Gasteiger partial charge in [0.15, 0.2) is 0 Å². The molecule has 1 aromatic heterocycles. The molecule has 1 saturated heterocycles. The number of hydrogen-bond acceptors (Lipinski definition) is 4. The van der Waals surface area contributed by atoms with Crippen molar-refractivity contribution in [3.05, 3.63) is 16.1 Å². The third kappa shape index (κ3) is 4.63. The van der Waals surface area contributed by atoms with Crippen molar-refractivity contribution in [3.8, 4) is 0 Å². The van der Waals surface area contributed by atoms with Gasteiger partial charge in [-0.3, -0.25) is 0 Å². The molecule has 0 amide bonds. The molecular formula is C15H24Cl2N4. The van der Waals surface area contributed by atoms with Crippen LogP contribution >= 0.6 is 23.2 Å². The lowest BCUT2D eigenvalue weighted by Gasteiger charge is -2.24. The van der Waals surface area contributed by atoms with E-state index in [1.807, 2.05) is 7.05 Å². The van der Waals surface area contributed by atoms with E-state index in [0.717, 1.165) is 31.9 Å². The second-order valence-electron chi connectivity index (χ2n) is 5.52. The Morgan fingerprint density at radius 2 is 2.00 bits per heavy atom. The lowest BCUT2D eigenvalue weighted by molar-refractivity contribution is 0.346. The predicted molar refractivity (Wildman–Crippen MR) is 92.0 cm³/mol. The first-order chi connectivity index (χ1) is 10.1. The lowest BCUT2D eigenvalue weighted by Crippen LogP contribution is -2.32. The first-order valence-corrected chi connectivity index (χ1v) is 8.40. The largest absolute Gasteiger partial charge is 0.369 e. The summed E-state index contributed by atoms with van der Waals surface area (Å²) in [7, 11) is 2.03. The van der Waals surface area contributed by atoms with Crippen LogP contribution in [0.15, 0.2) is 6.07 Å². The van der Waals surface area contributed by atoms with Crippen LogP contribution in [0.25, 0.3) is 0 Å². The zero-order valence-corrected chi connectivity index (χ0v) is 14.3. The molecule has 21 heavy (non-hydrogen) atoms. The van der Waals surface area contributed by atoms with E-state index in [0.29, 0.717) is 15.9 Å². The number of halogens is 2. The van der Waals surface area contributed by atoms with Crippen LogP contribution in [0.3, 0.4) is 0 Å². The molecule has 1 aliphatic heterocycles. The average Bonchev–Trinajstić information content (AvgIpc) is 2.97. The Bertz CT molecular complexity index is 461. The zero-order chi connectivity index (χ0) is 15.2. The summed E-state index contributed by atoms with van der Waals surface area (Å²) in [4.78, 5) is 9.17. The van der Waals surface area contributed by atoms with Crippen molar-refractivity contribution in [1.29, 1.82) is 0 Å². The van der Waals surface area contributed by atoms with Crippen LogP contribution < -0.4 is 10.2 Å². The highest BCUT2D eigenvalue weighted by Crippen LogP contribution is 2.31. The van der Waals surface area contributed by atoms with Crippen LogP contribution in [0.1, 0.15) is 26.2 Å². The van der Waals surface area contributed by atoms with Crippen LogP contribution in [-0.2, 0) is 0 Å². The molecule has 1 aromatic rings. The number of nitrogens with zero attached hydrogens (tertiary/aromatic N) is 3. The van der Waals surface area contributed by atoms with Gasteiger partial charge in [-0.05, 0) is 38.4 Å². The van der Waals surface area contributed by atoms with E-state index >= 15 is 0 Å². The molecule has 1 fully saturated rings. The number of nitrogens with one attached hydrogen (secondary N) is 1. The van der Waals surface area contributed by atoms with Gasteiger partial charge in [-0.25, -0.2) is 4.98 Å². The molecule has 1 N–H and O–H groups in total. The van der Waals surface area contributed by atoms with Crippen molar-refractivity contribution in [3.63, 3.8) is 0 Å². The van der Waals surface area contributed by atoms with Crippen molar-refractivity contribution < 1.29 is 0 Å². The highest BCUT2D eigenvalue weighted by molar-refractivity contribution is 6.37. The first kappa shape index (κ1) is 16.7. The van der Waals surface area contributed by atoms with Gasteiger partial charge in [0.05, 0.1) is 10.0 Å². The third-order valence-electron chi connectivity index (χ3n) is 3.77. The number of pyridine rings is 1. The average molecular weight is 331 g/mol. The van der Waals surface area contributed by atoms with Crippen LogP contribution in [0.4, 0.5) is 11.6 Å². The molecular weight excluding hydrogens is 307 g/mol. The SMILES string of the molecule is CCCNc1nc(N(C)CCN2CCCC2)c(Cl)cc1Cl. The summed E-state index contributed by atoms with van der Waals surface area (Å²) in [6.07, 6.45) is 3.66. The standard InChI is InChI=1S/C15H24Cl2N4/c1-3-6-18-14-12(16)11-13(17)15(19-14)20(2)9-10-21-7-4-5-8-21/h11H,3-10H2,1-2H3,(H,18,19). The molecule has 0 spiro atoms. The summed E-state index contributed by atoms with van der Waals surface area (Å²) in [5.41, 5.74) is 0. The quantitative estimate of drug-likeness (QED) is 0.825. The lowest BCUT2D eigenvalue weighted by atomic mass is 10.3. The van der Waals surface area contributed by atoms with Gasteiger partial charge in [0.2, 0.25) is 0 Å². The fourth-order valence-electron chi connectivity index (χ4n) is 2.50. The van der Waals surface area contributed by atoms with Crippen molar-refractivity contribution in [1.82, 2.24) is 9.88 Å². The molecule has 0 saturated carbocycles. The maximum Gasteiger partial charge on any atom is 0.149 e. The Morgan fingerprint density at radius 3 is 2.67 bits per heavy atom. The molecule has 0 bridgehead atoms. The maximum absolute atomic E-state index is 6.30. The second kappa shape index (κ2) is 8.06. The third-order valence-corrected chi connectivity index (χ3v) is 4.33. The second-order valence-corrected chi connectivity index (χ2v) is 6.34. The summed E-state index contributed by atoms with van der Waals surface area (Å²) in [6, 6.07) is 1.77. The minimum atomic E-state index is 0.574. The van der Waals surface area contributed by atoms with Crippen LogP contribution in [0.5, 0.6) is 0 Å². The Kier molecular flexibility index (Phi) is 6.40. The van der Waals surface area contributed by atoms with E-state index in [1.54, 1.807) is 6.07 Å². The molecule has 1 aliphatic rings. The van der Waals surface area contributed by atoms with Gasteiger partial charge < -0.3 is 15.1 Å². The van der Waals surface area contributed by atoms with Gasteiger partial charge in [-0.15, -0.1) is 0 Å². The Morgan fingerprint density at radius 1 is 1.29 bits per heavy atom. The van der Waals surface area contributed by atoms with E-state index in [-0.39, 0.29) is 0 Å². The van der Waals surface area contributed by atoms with E-state index in [9.17, 15) is 0 Å². The maximum atomic E-state index is 6.30. The number of likely N-dealkylation sites (N-methyl/N-ethyl adjacent to an activating group) is 1. The zero-order valence-electron chi connectivity index (χ0n) is 12.8. The first-order valence-electron chi connectivity index (χ1n) is 7.65. The fraction of sp³-hybridized carbons (Fsp3) is 0.667. The predicted octanol–water partition coefficient (Wildman–Crippen LogP) is 3.74. The normalized spacial score (nSPS) is 15.4. The summed E-state index contributed by atoms with van der Waals surface area (Å²) in [5.74, 6) is 1.50. The number of hydrogen-bond donors (Lipinski definition) is 1. The molecule has 0 unspecified atom stereocenters. The van der Waals surface area contributed by atoms with Gasteiger partial charge >= 0.3 is 0 Å². The van der Waals surface area contributed by atoms with Gasteiger partial charge in [-0.2, -0.15) is 0 Å². The topological polar surface area (TPSA) is 31.4 Å². The molecule has 2 heterocycles. The van der Waals surface area contributed by atoms with Crippen LogP contribution in [0.2, 0.25) is 10.0 Å². The molecule has 0 aromatic carbocycles. The summed E-state index contributed by atoms with van der Waals surface area (Å²) in [5, 5.41) is 4.42. The summed E-state index contributed by atoms with van der Waals surface area (Å²) < 4.78 is 0. The number of aromatic nitrogens is 1. The smallest absolute Gasteiger partial charge is 0.149 e. The summed E-state index contributed by atoms with van der Waals surface area (Å²) in [6.45, 7) is 7.35. The van der Waals surface area contributed by atoms with Gasteiger partial charge in [0.1, 0.15) is 11.6 Å². The van der Waals surface area contributed by atoms with E-state index < -0.39 is 0 Å². The van der Waals surface area contributed by atoms with Crippen molar-refractivity contribution in [2.45, 2.75) is 26.2 Å². The minimum absolute atomic E-state index is 0.574. The van der Waals surface area contributed by atoms with Crippen molar-refractivity contribution >= 4 is 34.8 Å². The molecule has 0 atom stereocenters. The van der Waals surface area contributed by atoms with E-state index in [1.165, 1.54) is 25.9 Å². The van der Waals surface area contributed by atoms with E-state index in [4.69, 9.17) is 23.2 Å². The van der Waals surface area contributed by atoms with Gasteiger partial charge in [0.25, 0.3) is 0 Å². The Balaban J connectivity index is 2.02. The molecule has 6 heteroatoms. The number of rotatable bonds is 7. The van der Waals surface area contributed by atoms with Crippen molar-refractivity contribution in [2.24, 2.45) is 0 Å². The molecule has 0 radical (unpaired) electrons. The fourth-order valence-corrected chi connectivity index (χ4v) is 3.07. The van der Waals surface area contributed by atoms with Gasteiger partial charge in [-0.1, -0.05) is 30.1 Å². The monoisotopic (exact) mass is 330 g/mol. The van der Waals surface area contributed by atoms with Crippen molar-refractivity contribution in [2.75, 3.05) is 50.0 Å². The van der Waals surface area contributed by atoms with Gasteiger partial charge in [0, 0.05) is 26.7 Å². The van der Waals surface area contributed by atoms with Crippen LogP contribution in [-0.4, -0.2) is 49.7 Å². The van der Waals surface area contributed by atoms with Crippen LogP contribution in [0, 0.1) is 0 Å².